The molecule has 1 aliphatic carbocycles. The molecule has 0 spiro atoms. The molecule has 0 bridgehead atoms. The number of carboxylic acid groups (broad SMARTS) is 1. The van der Waals surface area contributed by atoms with Gasteiger partial charge in [-0.2, -0.15) is 0 Å². The monoisotopic (exact) mass is 372 g/mol. The molecule has 1 saturated carbocycles. The van der Waals surface area contributed by atoms with Crippen molar-refractivity contribution in [1.29, 1.82) is 0 Å². The van der Waals surface area contributed by atoms with Gasteiger partial charge in [0.15, 0.2) is 0 Å². The van der Waals surface area contributed by atoms with E-state index in [1.165, 1.54) is 6.92 Å². The maximum Gasteiger partial charge on any atom is 0.370 e. The highest BCUT2D eigenvalue weighted by Gasteiger charge is 2.44. The normalized spacial score (nSPS) is 28.0. The second-order valence-electron chi connectivity index (χ2n) is 6.55. The van der Waals surface area contributed by atoms with E-state index >= 15 is 0 Å². The van der Waals surface area contributed by atoms with Crippen molar-refractivity contribution in [2.24, 2.45) is 5.92 Å². The molecule has 10 nitrogen and oxygen atoms in total. The zero-order chi connectivity index (χ0) is 19.4. The summed E-state index contributed by atoms with van der Waals surface area (Å²) in [4.78, 5) is 35.2. The van der Waals surface area contributed by atoms with E-state index in [-0.39, 0.29) is 11.8 Å². The third-order valence-electron chi connectivity index (χ3n) is 4.62. The molecule has 2 amide bonds. The second-order valence-corrected chi connectivity index (χ2v) is 6.55. The van der Waals surface area contributed by atoms with Crippen LogP contribution in [0.4, 0.5) is 0 Å². The Morgan fingerprint density at radius 1 is 1.27 bits per heavy atom. The van der Waals surface area contributed by atoms with Gasteiger partial charge in [-0.1, -0.05) is 6.42 Å². The van der Waals surface area contributed by atoms with Crippen molar-refractivity contribution in [3.63, 3.8) is 0 Å². The number of carbonyl (C=O) groups excluding carboxylic acids is 2. The zero-order valence-electron chi connectivity index (χ0n) is 14.3. The molecule has 0 aromatic rings. The van der Waals surface area contributed by atoms with Gasteiger partial charge in [-0.25, -0.2) is 4.79 Å². The van der Waals surface area contributed by atoms with Crippen LogP contribution in [0.3, 0.4) is 0 Å². The van der Waals surface area contributed by atoms with Crippen molar-refractivity contribution < 1.29 is 39.5 Å². The SMILES string of the molecule is CC(=O)N[C@H]1[C@H]([C@H](O)[C@H](O)CO)OC(C(=O)O)=C[C@@H]1NC(=O)C1CCC1. The first kappa shape index (κ1) is 20.1. The van der Waals surface area contributed by atoms with Gasteiger partial charge in [0, 0.05) is 12.8 Å². The molecular formula is C16H24N2O8. The van der Waals surface area contributed by atoms with Gasteiger partial charge in [-0.05, 0) is 18.9 Å². The topological polar surface area (TPSA) is 165 Å². The number of nitrogens with one attached hydrogen (secondary N) is 2. The minimum Gasteiger partial charge on any atom is -0.478 e. The van der Waals surface area contributed by atoms with Crippen LogP contribution >= 0.6 is 0 Å². The second kappa shape index (κ2) is 8.47. The smallest absolute Gasteiger partial charge is 0.370 e. The number of carbonyl (C=O) groups is 3. The summed E-state index contributed by atoms with van der Waals surface area (Å²) < 4.78 is 5.23. The van der Waals surface area contributed by atoms with Crippen LogP contribution in [0.1, 0.15) is 26.2 Å². The van der Waals surface area contributed by atoms with Gasteiger partial charge in [0.2, 0.25) is 17.6 Å². The highest BCUT2D eigenvalue weighted by atomic mass is 16.5. The van der Waals surface area contributed by atoms with E-state index in [4.69, 9.17) is 9.84 Å². The summed E-state index contributed by atoms with van der Waals surface area (Å²) in [6.45, 7) is 0.423. The molecular weight excluding hydrogens is 348 g/mol. The number of amides is 2. The van der Waals surface area contributed by atoms with Crippen molar-refractivity contribution in [3.05, 3.63) is 11.8 Å². The lowest BCUT2D eigenvalue weighted by Crippen LogP contribution is -2.64. The van der Waals surface area contributed by atoms with Gasteiger partial charge in [0.25, 0.3) is 0 Å². The first-order chi connectivity index (χ1) is 12.2. The number of aliphatic hydroxyl groups excluding tert-OH is 3. The van der Waals surface area contributed by atoms with E-state index in [0.29, 0.717) is 0 Å². The Bertz CT molecular complexity index is 589. The van der Waals surface area contributed by atoms with Crippen LogP contribution in [0.2, 0.25) is 0 Å². The summed E-state index contributed by atoms with van der Waals surface area (Å²) in [5.74, 6) is -2.91. The largest absolute Gasteiger partial charge is 0.478 e. The first-order valence-corrected chi connectivity index (χ1v) is 8.40. The third-order valence-corrected chi connectivity index (χ3v) is 4.62. The van der Waals surface area contributed by atoms with Crippen LogP contribution in [-0.4, -0.2) is 75.2 Å². The molecule has 1 fully saturated rings. The van der Waals surface area contributed by atoms with Gasteiger partial charge in [-0.15, -0.1) is 0 Å². The number of rotatable bonds is 7. The average Bonchev–Trinajstić information content (AvgIpc) is 2.52. The summed E-state index contributed by atoms with van der Waals surface area (Å²) >= 11 is 0. The fourth-order valence-corrected chi connectivity index (χ4v) is 2.95. The highest BCUT2D eigenvalue weighted by molar-refractivity contribution is 5.85. The Morgan fingerprint density at radius 3 is 2.38 bits per heavy atom. The van der Waals surface area contributed by atoms with Crippen LogP contribution in [0, 0.1) is 5.92 Å². The lowest BCUT2D eigenvalue weighted by Gasteiger charge is -2.40. The number of aliphatic hydroxyl groups is 3. The maximum absolute atomic E-state index is 12.3. The molecule has 10 heteroatoms. The quantitative estimate of drug-likeness (QED) is 0.294. The van der Waals surface area contributed by atoms with Gasteiger partial charge in [-0.3, -0.25) is 9.59 Å². The van der Waals surface area contributed by atoms with Crippen molar-refractivity contribution in [2.75, 3.05) is 6.61 Å². The van der Waals surface area contributed by atoms with Crippen molar-refractivity contribution in [2.45, 2.75) is 56.6 Å². The van der Waals surface area contributed by atoms with E-state index in [2.05, 4.69) is 10.6 Å². The summed E-state index contributed by atoms with van der Waals surface area (Å²) in [6.07, 6.45) is -1.16. The summed E-state index contributed by atoms with van der Waals surface area (Å²) in [5, 5.41) is 43.4. The Balaban J connectivity index is 2.31. The van der Waals surface area contributed by atoms with Crippen LogP contribution < -0.4 is 10.6 Å². The van der Waals surface area contributed by atoms with Gasteiger partial charge >= 0.3 is 5.97 Å². The van der Waals surface area contributed by atoms with Gasteiger partial charge in [0.1, 0.15) is 18.3 Å². The molecule has 0 aromatic heterocycles. The average molecular weight is 372 g/mol. The molecule has 5 atom stereocenters. The van der Waals surface area contributed by atoms with E-state index in [1.807, 2.05) is 0 Å². The lowest BCUT2D eigenvalue weighted by atomic mass is 9.84. The Hall–Kier alpha value is -2.17. The fraction of sp³-hybridized carbons (Fsp3) is 0.688. The number of hydrogen-bond acceptors (Lipinski definition) is 7. The molecule has 0 saturated heterocycles. The third kappa shape index (κ3) is 4.51. The summed E-state index contributed by atoms with van der Waals surface area (Å²) in [6, 6.07) is -1.99. The molecule has 6 N–H and O–H groups in total. The number of carboxylic acids is 1. The predicted octanol–water partition coefficient (Wildman–Crippen LogP) is -2.14. The van der Waals surface area contributed by atoms with Crippen molar-refractivity contribution >= 4 is 17.8 Å². The fourth-order valence-electron chi connectivity index (χ4n) is 2.95. The molecule has 1 aliphatic heterocycles. The minimum atomic E-state index is -1.69. The Labute approximate surface area is 149 Å². The predicted molar refractivity (Wildman–Crippen MR) is 86.6 cm³/mol. The number of hydrogen-bond donors (Lipinski definition) is 6. The van der Waals surface area contributed by atoms with Crippen LogP contribution in [0.15, 0.2) is 11.8 Å². The molecule has 26 heavy (non-hydrogen) atoms. The van der Waals surface area contributed by atoms with E-state index in [9.17, 15) is 29.7 Å². The molecule has 1 heterocycles. The molecule has 2 rings (SSSR count). The minimum absolute atomic E-state index is 0.177. The number of ether oxygens (including phenoxy) is 1. The van der Waals surface area contributed by atoms with Crippen molar-refractivity contribution in [3.8, 4) is 0 Å². The van der Waals surface area contributed by atoms with Crippen LogP contribution in [-0.2, 0) is 19.1 Å². The zero-order valence-corrected chi connectivity index (χ0v) is 14.3. The van der Waals surface area contributed by atoms with E-state index < -0.39 is 54.6 Å². The van der Waals surface area contributed by atoms with Gasteiger partial charge < -0.3 is 35.8 Å². The Kier molecular flexibility index (Phi) is 6.57. The van der Waals surface area contributed by atoms with E-state index in [1.54, 1.807) is 0 Å². The number of aliphatic carboxylic acids is 1. The van der Waals surface area contributed by atoms with Crippen LogP contribution in [0.25, 0.3) is 0 Å². The molecule has 146 valence electrons. The molecule has 0 aromatic carbocycles. The highest BCUT2D eigenvalue weighted by Crippen LogP contribution is 2.28. The van der Waals surface area contributed by atoms with Crippen molar-refractivity contribution in [1.82, 2.24) is 10.6 Å². The first-order valence-electron chi connectivity index (χ1n) is 8.40. The maximum atomic E-state index is 12.3. The summed E-state index contributed by atoms with van der Waals surface area (Å²) in [5.41, 5.74) is 0. The lowest BCUT2D eigenvalue weighted by molar-refractivity contribution is -0.147. The standard InChI is InChI=1S/C16H24N2O8/c1-7(20)17-12-9(18-15(23)8-3-2-4-8)5-11(16(24)25)26-14(12)13(22)10(21)6-19/h5,8-10,12-14,19,21-22H,2-4,6H2,1H3,(H,17,20)(H,18,23)(H,24,25)/t9-,10+,12+,13+,14+/m0/s1. The summed E-state index contributed by atoms with van der Waals surface area (Å²) in [7, 11) is 0. The molecule has 0 unspecified atom stereocenters. The molecule has 0 radical (unpaired) electrons. The Morgan fingerprint density at radius 2 is 1.92 bits per heavy atom. The van der Waals surface area contributed by atoms with Gasteiger partial charge in [0.05, 0.1) is 18.7 Å². The van der Waals surface area contributed by atoms with Crippen LogP contribution in [0.5, 0.6) is 0 Å². The van der Waals surface area contributed by atoms with E-state index in [0.717, 1.165) is 25.3 Å². The molecule has 2 aliphatic rings.